The van der Waals surface area contributed by atoms with Gasteiger partial charge in [-0.05, 0) is 25.0 Å². The van der Waals surface area contributed by atoms with Gasteiger partial charge in [0.1, 0.15) is 4.88 Å². The van der Waals surface area contributed by atoms with E-state index < -0.39 is 5.97 Å². The number of hydrogen-bond donors (Lipinski definition) is 1. The van der Waals surface area contributed by atoms with E-state index in [2.05, 4.69) is 0 Å². The number of nitrogens with zero attached hydrogens (tertiary/aromatic N) is 1. The molecule has 0 atom stereocenters. The zero-order valence-electron chi connectivity index (χ0n) is 10.4. The Morgan fingerprint density at radius 2 is 1.83 bits per heavy atom. The van der Waals surface area contributed by atoms with Crippen molar-refractivity contribution in [3.05, 3.63) is 21.9 Å². The van der Waals surface area contributed by atoms with Gasteiger partial charge < -0.3 is 10.0 Å². The summed E-state index contributed by atoms with van der Waals surface area (Å²) in [4.78, 5) is 25.5. The van der Waals surface area contributed by atoms with Crippen LogP contribution in [0.25, 0.3) is 0 Å². The summed E-state index contributed by atoms with van der Waals surface area (Å²) in [6.07, 6.45) is 5.71. The number of hydrogen-bond acceptors (Lipinski definition) is 3. The lowest BCUT2D eigenvalue weighted by Gasteiger charge is -2.30. The van der Waals surface area contributed by atoms with Gasteiger partial charge in [-0.2, -0.15) is 0 Å². The summed E-state index contributed by atoms with van der Waals surface area (Å²) < 4.78 is 0. The summed E-state index contributed by atoms with van der Waals surface area (Å²) in [5.74, 6) is -1.03. The van der Waals surface area contributed by atoms with Crippen LogP contribution in [0.15, 0.2) is 12.1 Å². The van der Waals surface area contributed by atoms with E-state index in [-0.39, 0.29) is 10.8 Å². The fraction of sp³-hybridized carbons (Fsp3) is 0.538. The second kappa shape index (κ2) is 5.52. The first-order valence-corrected chi connectivity index (χ1v) is 7.01. The first-order chi connectivity index (χ1) is 8.59. The van der Waals surface area contributed by atoms with Gasteiger partial charge in [-0.25, -0.2) is 4.79 Å². The summed E-state index contributed by atoms with van der Waals surface area (Å²) >= 11 is 1.05. The number of carbonyl (C=O) groups is 2. The maximum atomic E-state index is 12.2. The van der Waals surface area contributed by atoms with Crippen molar-refractivity contribution in [1.82, 2.24) is 4.90 Å². The third kappa shape index (κ3) is 2.72. The molecule has 1 saturated carbocycles. The van der Waals surface area contributed by atoms with Crippen LogP contribution in [0.4, 0.5) is 0 Å². The van der Waals surface area contributed by atoms with Gasteiger partial charge in [0.25, 0.3) is 5.91 Å². The van der Waals surface area contributed by atoms with E-state index in [1.807, 2.05) is 7.05 Å². The van der Waals surface area contributed by atoms with Crippen molar-refractivity contribution in [3.8, 4) is 0 Å². The van der Waals surface area contributed by atoms with Crippen molar-refractivity contribution in [2.45, 2.75) is 38.1 Å². The predicted molar refractivity (Wildman–Crippen MR) is 70.2 cm³/mol. The molecule has 1 aromatic heterocycles. The molecular weight excluding hydrogens is 250 g/mol. The lowest BCUT2D eigenvalue weighted by Crippen LogP contribution is -2.37. The predicted octanol–water partition coefficient (Wildman–Crippen LogP) is 2.85. The first-order valence-electron chi connectivity index (χ1n) is 6.20. The van der Waals surface area contributed by atoms with Crippen LogP contribution in [0.5, 0.6) is 0 Å². The smallest absolute Gasteiger partial charge is 0.345 e. The van der Waals surface area contributed by atoms with Gasteiger partial charge in [0.15, 0.2) is 0 Å². The van der Waals surface area contributed by atoms with Gasteiger partial charge >= 0.3 is 5.97 Å². The van der Waals surface area contributed by atoms with Crippen LogP contribution in [0, 0.1) is 0 Å². The van der Waals surface area contributed by atoms with Crippen LogP contribution in [0.2, 0.25) is 0 Å². The summed E-state index contributed by atoms with van der Waals surface area (Å²) in [7, 11) is 1.82. The molecule has 0 saturated heterocycles. The normalized spacial score (nSPS) is 16.5. The molecule has 1 aliphatic carbocycles. The number of carboxylic acid groups (broad SMARTS) is 1. The molecule has 1 N–H and O–H groups in total. The number of thiophene rings is 1. The maximum absolute atomic E-state index is 12.2. The Morgan fingerprint density at radius 1 is 1.22 bits per heavy atom. The molecule has 1 aliphatic rings. The van der Waals surface area contributed by atoms with Crippen molar-refractivity contribution < 1.29 is 14.7 Å². The molecule has 0 aromatic carbocycles. The van der Waals surface area contributed by atoms with Gasteiger partial charge in [0, 0.05) is 13.1 Å². The number of carbonyl (C=O) groups excluding carboxylic acids is 1. The fourth-order valence-corrected chi connectivity index (χ4v) is 3.20. The molecule has 5 heteroatoms. The second-order valence-corrected chi connectivity index (χ2v) is 5.76. The summed E-state index contributed by atoms with van der Waals surface area (Å²) in [6.45, 7) is 0. The minimum atomic E-state index is -0.973. The number of aromatic carboxylic acids is 1. The molecule has 18 heavy (non-hydrogen) atoms. The van der Waals surface area contributed by atoms with Gasteiger partial charge in [-0.15, -0.1) is 11.3 Å². The SMILES string of the molecule is CN(C(=O)c1ccc(C(=O)O)s1)C1CCCCC1. The molecule has 0 radical (unpaired) electrons. The molecule has 0 bridgehead atoms. The van der Waals surface area contributed by atoms with E-state index in [9.17, 15) is 9.59 Å². The second-order valence-electron chi connectivity index (χ2n) is 4.68. The molecule has 1 heterocycles. The van der Waals surface area contributed by atoms with E-state index >= 15 is 0 Å². The van der Waals surface area contributed by atoms with Crippen LogP contribution in [0.3, 0.4) is 0 Å². The molecule has 0 spiro atoms. The summed E-state index contributed by atoms with van der Waals surface area (Å²) in [6, 6.07) is 3.41. The van der Waals surface area contributed by atoms with Crippen molar-refractivity contribution in [1.29, 1.82) is 0 Å². The number of amides is 1. The molecule has 98 valence electrons. The number of carboxylic acids is 1. The Labute approximate surface area is 110 Å². The molecule has 1 aromatic rings. The third-order valence-electron chi connectivity index (χ3n) is 3.47. The lowest BCUT2D eigenvalue weighted by atomic mass is 9.94. The van der Waals surface area contributed by atoms with Gasteiger partial charge in [-0.1, -0.05) is 19.3 Å². The van der Waals surface area contributed by atoms with Crippen molar-refractivity contribution in [2.24, 2.45) is 0 Å². The quantitative estimate of drug-likeness (QED) is 0.916. The third-order valence-corrected chi connectivity index (χ3v) is 4.53. The highest BCUT2D eigenvalue weighted by atomic mass is 32.1. The minimum Gasteiger partial charge on any atom is -0.477 e. The highest BCUT2D eigenvalue weighted by Gasteiger charge is 2.24. The van der Waals surface area contributed by atoms with E-state index in [1.165, 1.54) is 25.3 Å². The zero-order valence-corrected chi connectivity index (χ0v) is 11.2. The molecular formula is C13H17NO3S. The van der Waals surface area contributed by atoms with Crippen LogP contribution in [-0.4, -0.2) is 35.0 Å². The lowest BCUT2D eigenvalue weighted by molar-refractivity contribution is 0.0694. The monoisotopic (exact) mass is 267 g/mol. The van der Waals surface area contributed by atoms with E-state index in [4.69, 9.17) is 5.11 Å². The van der Waals surface area contributed by atoms with Crippen LogP contribution >= 0.6 is 11.3 Å². The Morgan fingerprint density at radius 3 is 2.39 bits per heavy atom. The highest BCUT2D eigenvalue weighted by molar-refractivity contribution is 7.15. The molecule has 0 aliphatic heterocycles. The first kappa shape index (κ1) is 13.1. The molecule has 4 nitrogen and oxygen atoms in total. The van der Waals surface area contributed by atoms with Crippen molar-refractivity contribution >= 4 is 23.2 Å². The zero-order chi connectivity index (χ0) is 13.1. The van der Waals surface area contributed by atoms with Crippen LogP contribution in [-0.2, 0) is 0 Å². The number of rotatable bonds is 3. The largest absolute Gasteiger partial charge is 0.477 e. The Hall–Kier alpha value is -1.36. The van der Waals surface area contributed by atoms with Gasteiger partial charge in [0.05, 0.1) is 4.88 Å². The maximum Gasteiger partial charge on any atom is 0.345 e. The fourth-order valence-electron chi connectivity index (χ4n) is 2.38. The molecule has 1 amide bonds. The minimum absolute atomic E-state index is 0.0561. The van der Waals surface area contributed by atoms with E-state index in [0.717, 1.165) is 24.2 Å². The average Bonchev–Trinajstić information content (AvgIpc) is 2.88. The Balaban J connectivity index is 2.07. The topological polar surface area (TPSA) is 57.6 Å². The van der Waals surface area contributed by atoms with Crippen LogP contribution in [0.1, 0.15) is 51.4 Å². The van der Waals surface area contributed by atoms with Gasteiger partial charge in [0.2, 0.25) is 0 Å². The summed E-state index contributed by atoms with van der Waals surface area (Å²) in [5, 5.41) is 8.85. The Kier molecular flexibility index (Phi) is 4.01. The van der Waals surface area contributed by atoms with Crippen LogP contribution < -0.4 is 0 Å². The van der Waals surface area contributed by atoms with E-state index in [1.54, 1.807) is 11.0 Å². The Bertz CT molecular complexity index is 449. The van der Waals surface area contributed by atoms with Crippen molar-refractivity contribution in [2.75, 3.05) is 7.05 Å². The van der Waals surface area contributed by atoms with Crippen molar-refractivity contribution in [3.63, 3.8) is 0 Å². The summed E-state index contributed by atoms with van der Waals surface area (Å²) in [5.41, 5.74) is 0. The average molecular weight is 267 g/mol. The molecule has 1 fully saturated rings. The highest BCUT2D eigenvalue weighted by Crippen LogP contribution is 2.25. The molecule has 2 rings (SSSR count). The van der Waals surface area contributed by atoms with Gasteiger partial charge in [-0.3, -0.25) is 4.79 Å². The van der Waals surface area contributed by atoms with E-state index in [0.29, 0.717) is 10.9 Å². The standard InChI is InChI=1S/C13H17NO3S/c1-14(9-5-3-2-4-6-9)12(15)10-7-8-11(18-10)13(16)17/h7-9H,2-6H2,1H3,(H,16,17). The molecule has 0 unspecified atom stereocenters.